The van der Waals surface area contributed by atoms with E-state index in [1.54, 1.807) is 0 Å². The SMILES string of the molecule is C[C@]12CCC[C@H]1[C@@](CN)(C(=O)O)C2. The molecular weight excluding hydrogens is 166 g/mol. The van der Waals surface area contributed by atoms with Crippen LogP contribution in [0.15, 0.2) is 0 Å². The predicted molar refractivity (Wildman–Crippen MR) is 49.2 cm³/mol. The molecule has 2 rings (SSSR count). The maximum atomic E-state index is 11.1. The molecule has 0 bridgehead atoms. The summed E-state index contributed by atoms with van der Waals surface area (Å²) in [5.74, 6) is -0.345. The highest BCUT2D eigenvalue weighted by molar-refractivity contribution is 5.77. The zero-order valence-corrected chi connectivity index (χ0v) is 8.05. The van der Waals surface area contributed by atoms with E-state index in [1.165, 1.54) is 12.8 Å². The van der Waals surface area contributed by atoms with E-state index in [2.05, 4.69) is 6.92 Å². The lowest BCUT2D eigenvalue weighted by Crippen LogP contribution is -2.60. The number of nitrogens with two attached hydrogens (primary N) is 1. The van der Waals surface area contributed by atoms with Gasteiger partial charge in [0.2, 0.25) is 0 Å². The second kappa shape index (κ2) is 2.47. The van der Waals surface area contributed by atoms with Crippen molar-refractivity contribution in [2.24, 2.45) is 22.5 Å². The monoisotopic (exact) mass is 183 g/mol. The van der Waals surface area contributed by atoms with Gasteiger partial charge in [0.15, 0.2) is 0 Å². The van der Waals surface area contributed by atoms with Gasteiger partial charge in [-0.3, -0.25) is 4.79 Å². The summed E-state index contributed by atoms with van der Waals surface area (Å²) in [5, 5.41) is 9.17. The number of carboxylic acid groups (broad SMARTS) is 1. The van der Waals surface area contributed by atoms with E-state index in [4.69, 9.17) is 10.8 Å². The Balaban J connectivity index is 2.24. The van der Waals surface area contributed by atoms with Crippen molar-refractivity contribution < 1.29 is 9.90 Å². The van der Waals surface area contributed by atoms with Crippen molar-refractivity contribution in [2.75, 3.05) is 6.54 Å². The van der Waals surface area contributed by atoms with E-state index >= 15 is 0 Å². The Morgan fingerprint density at radius 2 is 2.38 bits per heavy atom. The summed E-state index contributed by atoms with van der Waals surface area (Å²) in [6.45, 7) is 2.52. The van der Waals surface area contributed by atoms with Crippen LogP contribution in [0.1, 0.15) is 32.6 Å². The quantitative estimate of drug-likeness (QED) is 0.676. The Morgan fingerprint density at radius 1 is 1.69 bits per heavy atom. The van der Waals surface area contributed by atoms with Gasteiger partial charge in [0.1, 0.15) is 0 Å². The van der Waals surface area contributed by atoms with Gasteiger partial charge >= 0.3 is 5.97 Å². The number of fused-ring (bicyclic) bond motifs is 1. The molecule has 0 radical (unpaired) electrons. The first-order valence-corrected chi connectivity index (χ1v) is 4.99. The number of rotatable bonds is 2. The first-order chi connectivity index (χ1) is 6.05. The molecule has 0 aliphatic heterocycles. The fourth-order valence-electron chi connectivity index (χ4n) is 3.63. The summed E-state index contributed by atoms with van der Waals surface area (Å²) in [7, 11) is 0. The first kappa shape index (κ1) is 9.00. The topological polar surface area (TPSA) is 63.3 Å². The molecule has 0 unspecified atom stereocenters. The second-order valence-electron chi connectivity index (χ2n) is 4.94. The number of aliphatic carboxylic acids is 1. The van der Waals surface area contributed by atoms with Crippen LogP contribution < -0.4 is 5.73 Å². The van der Waals surface area contributed by atoms with Crippen molar-refractivity contribution in [2.45, 2.75) is 32.6 Å². The smallest absolute Gasteiger partial charge is 0.311 e. The largest absolute Gasteiger partial charge is 0.481 e. The van der Waals surface area contributed by atoms with Crippen LogP contribution in [-0.2, 0) is 4.79 Å². The molecule has 0 aromatic carbocycles. The van der Waals surface area contributed by atoms with E-state index in [0.717, 1.165) is 12.8 Å². The molecule has 3 heteroatoms. The van der Waals surface area contributed by atoms with Gasteiger partial charge in [-0.1, -0.05) is 13.3 Å². The minimum absolute atomic E-state index is 0.289. The van der Waals surface area contributed by atoms with Crippen LogP contribution >= 0.6 is 0 Å². The van der Waals surface area contributed by atoms with E-state index < -0.39 is 11.4 Å². The van der Waals surface area contributed by atoms with Crippen LogP contribution in [-0.4, -0.2) is 17.6 Å². The van der Waals surface area contributed by atoms with Crippen molar-refractivity contribution in [3.63, 3.8) is 0 Å². The molecule has 2 aliphatic rings. The fourth-order valence-corrected chi connectivity index (χ4v) is 3.63. The molecule has 3 atom stereocenters. The van der Waals surface area contributed by atoms with Crippen molar-refractivity contribution in [1.29, 1.82) is 0 Å². The Kier molecular flexibility index (Phi) is 1.71. The number of hydrogen-bond donors (Lipinski definition) is 2. The summed E-state index contributed by atoms with van der Waals surface area (Å²) in [6, 6.07) is 0. The van der Waals surface area contributed by atoms with E-state index in [1.807, 2.05) is 0 Å². The van der Waals surface area contributed by atoms with E-state index in [9.17, 15) is 4.79 Å². The normalized spacial score (nSPS) is 48.3. The Bertz CT molecular complexity index is 253. The Hall–Kier alpha value is -0.570. The number of carboxylic acids is 1. The van der Waals surface area contributed by atoms with Crippen LogP contribution in [0.4, 0.5) is 0 Å². The lowest BCUT2D eigenvalue weighted by atomic mass is 9.47. The van der Waals surface area contributed by atoms with Gasteiger partial charge in [0, 0.05) is 6.54 Å². The van der Waals surface area contributed by atoms with E-state index in [-0.39, 0.29) is 5.41 Å². The average Bonchev–Trinajstić information content (AvgIpc) is 2.34. The highest BCUT2D eigenvalue weighted by Gasteiger charge is 2.65. The minimum atomic E-state index is -0.681. The molecule has 3 nitrogen and oxygen atoms in total. The van der Waals surface area contributed by atoms with Crippen LogP contribution in [0.2, 0.25) is 0 Å². The highest BCUT2D eigenvalue weighted by atomic mass is 16.4. The number of hydrogen-bond acceptors (Lipinski definition) is 2. The molecule has 0 saturated heterocycles. The minimum Gasteiger partial charge on any atom is -0.481 e. The van der Waals surface area contributed by atoms with Gasteiger partial charge < -0.3 is 10.8 Å². The standard InChI is InChI=1S/C10H17NO2/c1-9-4-2-3-7(9)10(5-9,6-11)8(12)13/h7H,2-6,11H2,1H3,(H,12,13)/t7-,9-,10-/m1/s1. The summed E-state index contributed by atoms with van der Waals surface area (Å²) < 4.78 is 0. The van der Waals surface area contributed by atoms with Crippen molar-refractivity contribution in [3.8, 4) is 0 Å². The molecule has 2 aliphatic carbocycles. The zero-order chi connectivity index (χ0) is 9.69. The molecule has 0 aromatic heterocycles. The average molecular weight is 183 g/mol. The third kappa shape index (κ3) is 0.909. The van der Waals surface area contributed by atoms with Gasteiger partial charge in [-0.05, 0) is 30.6 Å². The fraction of sp³-hybridized carbons (Fsp3) is 0.900. The van der Waals surface area contributed by atoms with Gasteiger partial charge in [-0.25, -0.2) is 0 Å². The summed E-state index contributed by atoms with van der Waals surface area (Å²) >= 11 is 0. The molecule has 2 fully saturated rings. The van der Waals surface area contributed by atoms with Crippen LogP contribution in [0.5, 0.6) is 0 Å². The van der Waals surface area contributed by atoms with Crippen molar-refractivity contribution >= 4 is 5.97 Å². The van der Waals surface area contributed by atoms with Gasteiger partial charge in [-0.15, -0.1) is 0 Å². The number of carbonyl (C=O) groups is 1. The molecule has 0 aromatic rings. The van der Waals surface area contributed by atoms with Gasteiger partial charge in [0.05, 0.1) is 5.41 Å². The van der Waals surface area contributed by atoms with Crippen molar-refractivity contribution in [3.05, 3.63) is 0 Å². The van der Waals surface area contributed by atoms with Crippen LogP contribution in [0, 0.1) is 16.7 Å². The first-order valence-electron chi connectivity index (χ1n) is 4.99. The molecule has 13 heavy (non-hydrogen) atoms. The molecule has 3 N–H and O–H groups in total. The highest BCUT2D eigenvalue weighted by Crippen LogP contribution is 2.66. The molecule has 2 saturated carbocycles. The molecule has 0 spiro atoms. The third-order valence-corrected chi connectivity index (χ3v) is 4.26. The molecule has 74 valence electrons. The van der Waals surface area contributed by atoms with E-state index in [0.29, 0.717) is 12.5 Å². The summed E-state index contributed by atoms with van der Waals surface area (Å²) in [4.78, 5) is 11.1. The van der Waals surface area contributed by atoms with Crippen molar-refractivity contribution in [1.82, 2.24) is 0 Å². The third-order valence-electron chi connectivity index (χ3n) is 4.26. The lowest BCUT2D eigenvalue weighted by Gasteiger charge is -2.56. The maximum absolute atomic E-state index is 11.1. The van der Waals surface area contributed by atoms with Crippen LogP contribution in [0.25, 0.3) is 0 Å². The maximum Gasteiger partial charge on any atom is 0.311 e. The summed E-state index contributed by atoms with van der Waals surface area (Å²) in [6.07, 6.45) is 4.21. The lowest BCUT2D eigenvalue weighted by molar-refractivity contribution is -0.175. The molecule has 0 amide bonds. The van der Waals surface area contributed by atoms with Crippen LogP contribution in [0.3, 0.4) is 0 Å². The van der Waals surface area contributed by atoms with Gasteiger partial charge in [-0.2, -0.15) is 0 Å². The Morgan fingerprint density at radius 3 is 2.85 bits per heavy atom. The molecular formula is C10H17NO2. The zero-order valence-electron chi connectivity index (χ0n) is 8.05. The summed E-state index contributed by atoms with van der Waals surface area (Å²) in [5.41, 5.74) is 5.32. The second-order valence-corrected chi connectivity index (χ2v) is 4.94. The Labute approximate surface area is 78.3 Å². The molecule has 0 heterocycles. The predicted octanol–water partition coefficient (Wildman–Crippen LogP) is 1.23. The van der Waals surface area contributed by atoms with Gasteiger partial charge in [0.25, 0.3) is 0 Å².